The van der Waals surface area contributed by atoms with E-state index in [1.165, 1.54) is 28.8 Å². The second-order valence-electron chi connectivity index (χ2n) is 9.94. The van der Waals surface area contributed by atoms with Crippen LogP contribution in [0.1, 0.15) is 46.5 Å². The Kier molecular flexibility index (Phi) is 9.47. The van der Waals surface area contributed by atoms with Crippen molar-refractivity contribution in [2.75, 3.05) is 0 Å². The summed E-state index contributed by atoms with van der Waals surface area (Å²) in [6, 6.07) is 32.7. The van der Waals surface area contributed by atoms with E-state index in [9.17, 15) is 0 Å². The van der Waals surface area contributed by atoms with Crippen LogP contribution in [0.5, 0.6) is 0 Å². The molecule has 0 saturated heterocycles. The van der Waals surface area contributed by atoms with Crippen LogP contribution in [0, 0.1) is 21.6 Å². The predicted molar refractivity (Wildman–Crippen MR) is 131 cm³/mol. The van der Waals surface area contributed by atoms with Crippen molar-refractivity contribution in [1.82, 2.24) is 0 Å². The molecule has 0 unspecified atom stereocenters. The zero-order chi connectivity index (χ0) is 25.5. The molecule has 4 rings (SSSR count). The van der Waals surface area contributed by atoms with Crippen LogP contribution < -0.4 is 34.5 Å². The summed E-state index contributed by atoms with van der Waals surface area (Å²) in [6.07, 6.45) is 5.11. The van der Waals surface area contributed by atoms with Crippen LogP contribution >= 0.6 is 7.49 Å². The van der Waals surface area contributed by atoms with E-state index in [0.717, 1.165) is 18.8 Å². The maximum atomic E-state index is 8.49. The molecule has 1 saturated carbocycles. The summed E-state index contributed by atoms with van der Waals surface area (Å²) < 4.78 is 41.3. The Morgan fingerprint density at radius 1 is 0.629 bits per heavy atom. The monoisotopic (exact) mass is 516 g/mol. The number of benzene rings is 3. The van der Waals surface area contributed by atoms with E-state index in [-0.39, 0.29) is 0 Å². The molecule has 188 valence electrons. The lowest BCUT2D eigenvalue weighted by atomic mass is 9.72. The minimum Gasteiger partial charge on any atom is -0.222 e. The Bertz CT molecular complexity index is 909. The second kappa shape index (κ2) is 11.9. The van der Waals surface area contributed by atoms with Gasteiger partial charge in [0.1, 0.15) is 22.0 Å². The molecule has 35 heavy (non-hydrogen) atoms. The second-order valence-corrected chi connectivity index (χ2v) is 13.7. The van der Waals surface area contributed by atoms with Crippen LogP contribution in [0.4, 0.5) is 0 Å². The Morgan fingerprint density at radius 3 is 1.23 bits per heavy atom. The van der Waals surface area contributed by atoms with Gasteiger partial charge in [-0.25, -0.2) is 23.2 Å². The highest BCUT2D eigenvalue weighted by molar-refractivity contribution is 7.91. The maximum Gasteiger partial charge on any atom is 0.242 e. The highest BCUT2D eigenvalue weighted by Gasteiger charge is 2.50. The van der Waals surface area contributed by atoms with Crippen molar-refractivity contribution in [3.63, 3.8) is 0 Å². The first-order chi connectivity index (χ1) is 16.5. The van der Waals surface area contributed by atoms with Crippen LogP contribution in [0.25, 0.3) is 0 Å². The smallest absolute Gasteiger partial charge is 0.222 e. The fourth-order valence-corrected chi connectivity index (χ4v) is 8.50. The van der Waals surface area contributed by atoms with E-state index in [1.54, 1.807) is 0 Å². The first kappa shape index (κ1) is 27.8. The average Bonchev–Trinajstić information content (AvgIpc) is 2.83. The summed E-state index contributed by atoms with van der Waals surface area (Å²) in [5.41, 5.74) is 0.384. The lowest BCUT2D eigenvalue weighted by Gasteiger charge is -2.38. The van der Waals surface area contributed by atoms with Crippen LogP contribution in [0.3, 0.4) is 0 Å². The first-order valence-corrected chi connectivity index (χ1v) is 14.8. The molecule has 0 spiro atoms. The molecule has 1 aliphatic rings. The van der Waals surface area contributed by atoms with Gasteiger partial charge in [0, 0.05) is 0 Å². The Morgan fingerprint density at radius 2 is 0.943 bits per heavy atom. The molecule has 7 heteroatoms. The van der Waals surface area contributed by atoms with E-state index in [4.69, 9.17) is 23.2 Å². The third-order valence-corrected chi connectivity index (χ3v) is 10.3. The van der Waals surface area contributed by atoms with Gasteiger partial charge in [-0.3, -0.25) is 0 Å². The molecule has 3 aromatic carbocycles. The summed E-state index contributed by atoms with van der Waals surface area (Å²) in [5.74, 6) is 0.787. The molecular formula is C28H34ClO5P. The van der Waals surface area contributed by atoms with Crippen LogP contribution in [0.15, 0.2) is 91.0 Å². The van der Waals surface area contributed by atoms with Crippen LogP contribution in [-0.2, 0) is 4.52 Å². The first-order valence-electron chi connectivity index (χ1n) is 11.9. The average molecular weight is 517 g/mol. The SMILES string of the molecule is CC(C)(C)C1CCC(O[P+](c2ccccc2)(c2ccccc2)c2ccccc2)CC1.[O-][Cl+3]([O-])([O-])[O-]. The predicted octanol–water partition coefficient (Wildman–Crippen LogP) is 1.76. The molecular weight excluding hydrogens is 483 g/mol. The molecule has 5 nitrogen and oxygen atoms in total. The molecule has 0 aliphatic heterocycles. The highest BCUT2D eigenvalue weighted by atomic mass is 35.7. The van der Waals surface area contributed by atoms with Gasteiger partial charge in [-0.1, -0.05) is 75.4 Å². The van der Waals surface area contributed by atoms with Gasteiger partial charge in [0.05, 0.1) is 0 Å². The van der Waals surface area contributed by atoms with Gasteiger partial charge in [-0.15, -0.1) is 10.2 Å². The highest BCUT2D eigenvalue weighted by Crippen LogP contribution is 2.58. The van der Waals surface area contributed by atoms with Crippen molar-refractivity contribution in [3.8, 4) is 0 Å². The van der Waals surface area contributed by atoms with E-state index in [0.29, 0.717) is 11.5 Å². The number of halogens is 1. The molecule has 0 radical (unpaired) electrons. The zero-order valence-corrected chi connectivity index (χ0v) is 22.2. The van der Waals surface area contributed by atoms with Gasteiger partial charge in [-0.05, 0) is 73.4 Å². The van der Waals surface area contributed by atoms with Crippen molar-refractivity contribution < 1.29 is 33.4 Å². The topological polar surface area (TPSA) is 101 Å². The van der Waals surface area contributed by atoms with Crippen molar-refractivity contribution in [2.45, 2.75) is 52.6 Å². The molecule has 0 atom stereocenters. The summed E-state index contributed by atoms with van der Waals surface area (Å²) in [7, 11) is -7.13. The Balaban J connectivity index is 0.000000623. The summed E-state index contributed by atoms with van der Waals surface area (Å²) >= 11 is 0. The normalized spacial score (nSPS) is 18.9. The Labute approximate surface area is 211 Å². The largest absolute Gasteiger partial charge is 0.242 e. The summed E-state index contributed by atoms with van der Waals surface area (Å²) in [4.78, 5) is 0. The van der Waals surface area contributed by atoms with E-state index in [2.05, 4.69) is 112 Å². The standard InChI is InChI=1S/C28H34OP.ClHO4/c1-28(2,3)23-19-21-24(22-20-23)29-30(25-13-7-4-8-14-25,26-15-9-5-10-16-26)27-17-11-6-12-18-27;2-1(3,4)5/h4-18,23-24H,19-22H2,1-3H3;(H,2,3,4,5)/q+1;/p-1. The molecule has 0 heterocycles. The van der Waals surface area contributed by atoms with Gasteiger partial charge in [0.15, 0.2) is 0 Å². The van der Waals surface area contributed by atoms with Crippen molar-refractivity contribution >= 4 is 23.4 Å². The molecule has 0 bridgehead atoms. The zero-order valence-electron chi connectivity index (χ0n) is 20.5. The molecule has 0 N–H and O–H groups in total. The number of hydrogen-bond donors (Lipinski definition) is 0. The number of rotatable bonds is 5. The molecule has 1 fully saturated rings. The summed E-state index contributed by atoms with van der Waals surface area (Å²) in [5, 5.41) is 3.92. The third kappa shape index (κ3) is 7.83. The van der Waals surface area contributed by atoms with Gasteiger partial charge in [0.2, 0.25) is 7.49 Å². The minimum absolute atomic E-state index is 0.303. The van der Waals surface area contributed by atoms with Crippen molar-refractivity contribution in [3.05, 3.63) is 91.0 Å². The summed E-state index contributed by atoms with van der Waals surface area (Å²) in [6.45, 7) is 7.15. The van der Waals surface area contributed by atoms with E-state index in [1.807, 2.05) is 0 Å². The molecule has 0 aromatic heterocycles. The van der Waals surface area contributed by atoms with E-state index < -0.39 is 17.7 Å². The van der Waals surface area contributed by atoms with Gasteiger partial charge in [-0.2, -0.15) is 0 Å². The Hall–Kier alpha value is -1.82. The molecule has 3 aromatic rings. The van der Waals surface area contributed by atoms with Gasteiger partial charge >= 0.3 is 0 Å². The molecule has 1 aliphatic carbocycles. The maximum absolute atomic E-state index is 8.49. The fraction of sp³-hybridized carbons (Fsp3) is 0.357. The number of hydrogen-bond acceptors (Lipinski definition) is 5. The van der Waals surface area contributed by atoms with E-state index >= 15 is 0 Å². The lowest BCUT2D eigenvalue weighted by molar-refractivity contribution is -2.00. The minimum atomic E-state index is -4.94. The quantitative estimate of drug-likeness (QED) is 0.481. The van der Waals surface area contributed by atoms with Crippen LogP contribution in [0.2, 0.25) is 0 Å². The fourth-order valence-electron chi connectivity index (χ4n) is 4.80. The lowest BCUT2D eigenvalue weighted by Crippen LogP contribution is -2.68. The van der Waals surface area contributed by atoms with Crippen LogP contribution in [-0.4, -0.2) is 6.10 Å². The van der Waals surface area contributed by atoms with Gasteiger partial charge < -0.3 is 0 Å². The third-order valence-electron chi connectivity index (χ3n) is 6.57. The van der Waals surface area contributed by atoms with Crippen molar-refractivity contribution in [2.24, 2.45) is 11.3 Å². The van der Waals surface area contributed by atoms with Gasteiger partial charge in [0.25, 0.3) is 0 Å². The molecule has 0 amide bonds. The van der Waals surface area contributed by atoms with Crippen molar-refractivity contribution in [1.29, 1.82) is 0 Å².